The van der Waals surface area contributed by atoms with Gasteiger partial charge in [0, 0.05) is 16.6 Å². The van der Waals surface area contributed by atoms with Crippen molar-refractivity contribution in [3.8, 4) is 16.3 Å². The van der Waals surface area contributed by atoms with E-state index in [9.17, 15) is 4.79 Å². The lowest BCUT2D eigenvalue weighted by Gasteiger charge is -2.07. The molecule has 4 nitrogen and oxygen atoms in total. The first-order valence-electron chi connectivity index (χ1n) is 8.26. The number of amides is 1. The number of hydrogen-bond acceptors (Lipinski definition) is 4. The Morgan fingerprint density at radius 2 is 2.00 bits per heavy atom. The average Bonchev–Trinajstić information content (AvgIpc) is 3.10. The van der Waals surface area contributed by atoms with Crippen molar-refractivity contribution >= 4 is 34.5 Å². The Hall–Kier alpha value is -2.37. The van der Waals surface area contributed by atoms with Gasteiger partial charge >= 0.3 is 0 Å². The number of carbonyl (C=O) groups excluding carboxylic acids is 1. The number of nitrogens with one attached hydrogen (secondary N) is 1. The van der Waals surface area contributed by atoms with E-state index in [0.29, 0.717) is 16.5 Å². The maximum Gasteiger partial charge on any atom is 0.230 e. The van der Waals surface area contributed by atoms with Crippen molar-refractivity contribution in [2.45, 2.75) is 19.8 Å². The van der Waals surface area contributed by atoms with Crippen LogP contribution in [0.15, 0.2) is 47.8 Å². The predicted octanol–water partition coefficient (Wildman–Crippen LogP) is 5.22. The highest BCUT2D eigenvalue weighted by atomic mass is 35.5. The zero-order valence-corrected chi connectivity index (χ0v) is 16.2. The molecule has 3 rings (SSSR count). The summed E-state index contributed by atoms with van der Waals surface area (Å²) in [4.78, 5) is 16.8. The van der Waals surface area contributed by atoms with Crippen molar-refractivity contribution in [3.63, 3.8) is 0 Å². The highest BCUT2D eigenvalue weighted by Gasteiger charge is 2.10. The van der Waals surface area contributed by atoms with E-state index in [4.69, 9.17) is 16.3 Å². The Labute approximate surface area is 161 Å². The summed E-state index contributed by atoms with van der Waals surface area (Å²) < 4.78 is 5.11. The number of rotatable bonds is 6. The zero-order chi connectivity index (χ0) is 18.5. The maximum absolute atomic E-state index is 12.3. The van der Waals surface area contributed by atoms with Gasteiger partial charge in [0.1, 0.15) is 10.8 Å². The van der Waals surface area contributed by atoms with E-state index < -0.39 is 0 Å². The number of anilines is 1. The van der Waals surface area contributed by atoms with Gasteiger partial charge in [-0.1, -0.05) is 42.8 Å². The topological polar surface area (TPSA) is 51.2 Å². The second-order valence-electron chi connectivity index (χ2n) is 5.77. The van der Waals surface area contributed by atoms with Gasteiger partial charge in [0.25, 0.3) is 0 Å². The fourth-order valence-corrected chi connectivity index (χ4v) is 3.60. The molecule has 0 atom stereocenters. The van der Waals surface area contributed by atoms with Gasteiger partial charge in [-0.05, 0) is 30.2 Å². The molecule has 1 heterocycles. The molecule has 0 aliphatic heterocycles. The van der Waals surface area contributed by atoms with E-state index in [1.807, 2.05) is 5.38 Å². The van der Waals surface area contributed by atoms with Gasteiger partial charge in [-0.3, -0.25) is 4.79 Å². The van der Waals surface area contributed by atoms with Crippen LogP contribution in [0.1, 0.15) is 18.2 Å². The molecule has 0 spiro atoms. The van der Waals surface area contributed by atoms with Crippen LogP contribution in [-0.4, -0.2) is 18.0 Å². The molecular formula is C20H19ClN2O2S. The summed E-state index contributed by atoms with van der Waals surface area (Å²) in [6, 6.07) is 13.5. The number of halogens is 1. The summed E-state index contributed by atoms with van der Waals surface area (Å²) in [6.45, 7) is 2.13. The molecule has 26 heavy (non-hydrogen) atoms. The smallest absolute Gasteiger partial charge is 0.230 e. The molecule has 6 heteroatoms. The molecule has 0 saturated heterocycles. The lowest BCUT2D eigenvalue weighted by Crippen LogP contribution is -2.14. The van der Waals surface area contributed by atoms with Gasteiger partial charge in [0.15, 0.2) is 0 Å². The predicted molar refractivity (Wildman–Crippen MR) is 107 cm³/mol. The van der Waals surface area contributed by atoms with Crippen molar-refractivity contribution in [2.24, 2.45) is 0 Å². The minimum absolute atomic E-state index is 0.135. The first-order valence-corrected chi connectivity index (χ1v) is 9.52. The van der Waals surface area contributed by atoms with E-state index in [1.54, 1.807) is 36.6 Å². The summed E-state index contributed by atoms with van der Waals surface area (Å²) >= 11 is 7.62. The number of aromatic nitrogens is 1. The Kier molecular flexibility index (Phi) is 5.91. The van der Waals surface area contributed by atoms with Crippen molar-refractivity contribution in [1.82, 2.24) is 4.98 Å². The highest BCUT2D eigenvalue weighted by molar-refractivity contribution is 7.13. The fraction of sp³-hybridized carbons (Fsp3) is 0.200. The van der Waals surface area contributed by atoms with Crippen molar-refractivity contribution < 1.29 is 9.53 Å². The molecule has 2 aromatic carbocycles. The first kappa shape index (κ1) is 18.4. The van der Waals surface area contributed by atoms with E-state index in [0.717, 1.165) is 22.7 Å². The van der Waals surface area contributed by atoms with E-state index >= 15 is 0 Å². The number of benzene rings is 2. The number of aryl methyl sites for hydroxylation is 1. The monoisotopic (exact) mass is 386 g/mol. The number of carbonyl (C=O) groups is 1. The van der Waals surface area contributed by atoms with Gasteiger partial charge in [-0.15, -0.1) is 11.3 Å². The van der Waals surface area contributed by atoms with Crippen LogP contribution in [0.25, 0.3) is 10.6 Å². The second-order valence-corrected chi connectivity index (χ2v) is 7.03. The Morgan fingerprint density at radius 1 is 1.23 bits per heavy atom. The lowest BCUT2D eigenvalue weighted by molar-refractivity contribution is -0.115. The van der Waals surface area contributed by atoms with Gasteiger partial charge in [-0.2, -0.15) is 0 Å². The Morgan fingerprint density at radius 3 is 2.65 bits per heavy atom. The minimum atomic E-state index is -0.135. The largest absolute Gasteiger partial charge is 0.495 e. The lowest BCUT2D eigenvalue weighted by atomic mass is 10.1. The van der Waals surface area contributed by atoms with Gasteiger partial charge in [0.05, 0.1) is 24.2 Å². The SMILES string of the molecule is CCc1ccc(-c2nc(CC(=O)Nc3ccc(OC)c(Cl)c3)cs2)cc1. The number of nitrogens with zero attached hydrogens (tertiary/aromatic N) is 1. The minimum Gasteiger partial charge on any atom is -0.495 e. The van der Waals surface area contributed by atoms with E-state index in [-0.39, 0.29) is 12.3 Å². The quantitative estimate of drug-likeness (QED) is 0.632. The van der Waals surface area contributed by atoms with E-state index in [1.165, 1.54) is 5.56 Å². The highest BCUT2D eigenvalue weighted by Crippen LogP contribution is 2.28. The van der Waals surface area contributed by atoms with Crippen LogP contribution in [-0.2, 0) is 17.6 Å². The maximum atomic E-state index is 12.3. The number of thiazole rings is 1. The molecule has 1 aromatic heterocycles. The summed E-state index contributed by atoms with van der Waals surface area (Å²) in [5.41, 5.74) is 3.75. The second kappa shape index (κ2) is 8.34. The molecule has 0 fully saturated rings. The molecule has 1 N–H and O–H groups in total. The molecule has 1 amide bonds. The first-order chi connectivity index (χ1) is 12.6. The zero-order valence-electron chi connectivity index (χ0n) is 14.6. The molecule has 134 valence electrons. The Bertz CT molecular complexity index is 906. The summed E-state index contributed by atoms with van der Waals surface area (Å²) in [6.07, 6.45) is 1.23. The van der Waals surface area contributed by atoms with Gasteiger partial charge in [0.2, 0.25) is 5.91 Å². The summed E-state index contributed by atoms with van der Waals surface area (Å²) in [5.74, 6) is 0.437. The van der Waals surface area contributed by atoms with Crippen LogP contribution in [0, 0.1) is 0 Å². The molecule has 0 aliphatic carbocycles. The molecular weight excluding hydrogens is 368 g/mol. The number of ether oxygens (including phenoxy) is 1. The molecule has 0 unspecified atom stereocenters. The van der Waals surface area contributed by atoms with Crippen LogP contribution in [0.3, 0.4) is 0 Å². The molecule has 0 bridgehead atoms. The van der Waals surface area contributed by atoms with E-state index in [2.05, 4.69) is 41.5 Å². The van der Waals surface area contributed by atoms with Crippen molar-refractivity contribution in [1.29, 1.82) is 0 Å². The summed E-state index contributed by atoms with van der Waals surface area (Å²) in [5, 5.41) is 6.13. The van der Waals surface area contributed by atoms with Crippen molar-refractivity contribution in [2.75, 3.05) is 12.4 Å². The van der Waals surface area contributed by atoms with Gasteiger partial charge in [-0.25, -0.2) is 4.98 Å². The number of hydrogen-bond donors (Lipinski definition) is 1. The molecule has 0 saturated carbocycles. The third-order valence-electron chi connectivity index (χ3n) is 3.94. The third kappa shape index (κ3) is 4.42. The standard InChI is InChI=1S/C20H19ClN2O2S/c1-3-13-4-6-14(7-5-13)20-23-16(12-26-20)11-19(24)22-15-8-9-18(25-2)17(21)10-15/h4-10,12H,3,11H2,1-2H3,(H,22,24). The normalized spacial score (nSPS) is 10.6. The molecule has 3 aromatic rings. The molecule has 0 aliphatic rings. The van der Waals surface area contributed by atoms with Crippen LogP contribution in [0.5, 0.6) is 5.75 Å². The fourth-order valence-electron chi connectivity index (χ4n) is 2.52. The van der Waals surface area contributed by atoms with Crippen molar-refractivity contribution in [3.05, 3.63) is 64.1 Å². The third-order valence-corrected chi connectivity index (χ3v) is 5.17. The van der Waals surface area contributed by atoms with Gasteiger partial charge < -0.3 is 10.1 Å². The van der Waals surface area contributed by atoms with Crippen LogP contribution < -0.4 is 10.1 Å². The van der Waals surface area contributed by atoms with Crippen LogP contribution >= 0.6 is 22.9 Å². The van der Waals surface area contributed by atoms with Crippen LogP contribution in [0.2, 0.25) is 5.02 Å². The molecule has 0 radical (unpaired) electrons. The number of methoxy groups -OCH3 is 1. The van der Waals surface area contributed by atoms with Crippen LogP contribution in [0.4, 0.5) is 5.69 Å². The Balaban J connectivity index is 1.64. The summed E-state index contributed by atoms with van der Waals surface area (Å²) in [7, 11) is 1.55. The average molecular weight is 387 g/mol.